The summed E-state index contributed by atoms with van der Waals surface area (Å²) in [6, 6.07) is 7.07. The van der Waals surface area contributed by atoms with Crippen LogP contribution in [0.5, 0.6) is 0 Å². The van der Waals surface area contributed by atoms with E-state index in [1.54, 1.807) is 10.6 Å². The van der Waals surface area contributed by atoms with Gasteiger partial charge in [0.2, 0.25) is 0 Å². The summed E-state index contributed by atoms with van der Waals surface area (Å²) in [7, 11) is 0. The molecule has 0 atom stereocenters. The Kier molecular flexibility index (Phi) is 5.45. The smallest absolute Gasteiger partial charge is 0.326 e. The average Bonchev–Trinajstić information content (AvgIpc) is 3.22. The van der Waals surface area contributed by atoms with E-state index in [1.807, 2.05) is 24.4 Å². The van der Waals surface area contributed by atoms with E-state index in [9.17, 15) is 19.6 Å². The lowest BCUT2D eigenvalue weighted by molar-refractivity contribution is -0.149. The third kappa shape index (κ3) is 3.83. The molecule has 3 amide bonds. The van der Waals surface area contributed by atoms with Gasteiger partial charge < -0.3 is 14.5 Å². The maximum Gasteiger partial charge on any atom is 0.326 e. The summed E-state index contributed by atoms with van der Waals surface area (Å²) in [6.07, 6.45) is 6.40. The van der Waals surface area contributed by atoms with E-state index in [0.29, 0.717) is 29.9 Å². The molecule has 8 heteroatoms. The number of ether oxygens (including phenoxy) is 1. The van der Waals surface area contributed by atoms with Crippen LogP contribution in [-0.4, -0.2) is 39.3 Å². The number of nitriles is 1. The Morgan fingerprint density at radius 2 is 2.00 bits per heavy atom. The van der Waals surface area contributed by atoms with Crippen molar-refractivity contribution in [2.24, 2.45) is 11.3 Å². The largest absolute Gasteiger partial charge is 0.459 e. The highest BCUT2D eigenvalue weighted by atomic mass is 16.5. The van der Waals surface area contributed by atoms with Crippen LogP contribution in [0.1, 0.15) is 57.6 Å². The Balaban J connectivity index is 1.39. The molecule has 0 aromatic carbocycles. The first-order chi connectivity index (χ1) is 15.1. The number of esters is 1. The van der Waals surface area contributed by atoms with Crippen molar-refractivity contribution in [1.29, 1.82) is 5.26 Å². The molecule has 1 aliphatic carbocycles. The minimum atomic E-state index is -0.910. The monoisotopic (exact) mass is 436 g/mol. The van der Waals surface area contributed by atoms with Gasteiger partial charge in [0.05, 0.1) is 11.1 Å². The van der Waals surface area contributed by atoms with Gasteiger partial charge in [0.15, 0.2) is 0 Å². The van der Waals surface area contributed by atoms with Gasteiger partial charge in [0, 0.05) is 18.0 Å². The molecule has 2 aromatic heterocycles. The van der Waals surface area contributed by atoms with Gasteiger partial charge in [-0.05, 0) is 49.1 Å². The SMILES string of the molecule is CC(C)(C)C1CCC2(CC1)NC(=O)N(CC(=O)OCc1cn3ccccc3c1C#N)C2=O. The van der Waals surface area contributed by atoms with Gasteiger partial charge in [-0.1, -0.05) is 26.8 Å². The molecular formula is C24H28N4O4. The van der Waals surface area contributed by atoms with Crippen molar-refractivity contribution in [3.05, 3.63) is 41.7 Å². The molecular weight excluding hydrogens is 408 g/mol. The number of imide groups is 1. The van der Waals surface area contributed by atoms with Gasteiger partial charge in [-0.3, -0.25) is 14.5 Å². The van der Waals surface area contributed by atoms with Crippen molar-refractivity contribution in [3.8, 4) is 6.07 Å². The Morgan fingerprint density at radius 3 is 2.66 bits per heavy atom. The quantitative estimate of drug-likeness (QED) is 0.584. The van der Waals surface area contributed by atoms with Crippen LogP contribution >= 0.6 is 0 Å². The van der Waals surface area contributed by atoms with E-state index in [2.05, 4.69) is 32.2 Å². The number of carbonyl (C=O) groups excluding carboxylic acids is 3. The summed E-state index contributed by atoms with van der Waals surface area (Å²) >= 11 is 0. The second kappa shape index (κ2) is 7.97. The summed E-state index contributed by atoms with van der Waals surface area (Å²) < 4.78 is 7.11. The highest BCUT2D eigenvalue weighted by Crippen LogP contribution is 2.43. The summed E-state index contributed by atoms with van der Waals surface area (Å²) in [5.74, 6) is -0.545. The number of hydrogen-bond acceptors (Lipinski definition) is 5. The van der Waals surface area contributed by atoms with E-state index in [4.69, 9.17) is 4.74 Å². The summed E-state index contributed by atoms with van der Waals surface area (Å²) in [5.41, 5.74) is 0.975. The zero-order chi connectivity index (χ0) is 23.1. The predicted molar refractivity (Wildman–Crippen MR) is 116 cm³/mol. The van der Waals surface area contributed by atoms with Gasteiger partial charge in [-0.2, -0.15) is 5.26 Å². The minimum Gasteiger partial charge on any atom is -0.459 e. The molecule has 0 radical (unpaired) electrons. The minimum absolute atomic E-state index is 0.106. The molecule has 0 bridgehead atoms. The van der Waals surface area contributed by atoms with Crippen molar-refractivity contribution < 1.29 is 19.1 Å². The second-order valence-electron chi connectivity index (χ2n) is 9.84. The molecule has 1 spiro atoms. The number of amides is 3. The second-order valence-corrected chi connectivity index (χ2v) is 9.84. The molecule has 1 saturated heterocycles. The zero-order valence-corrected chi connectivity index (χ0v) is 18.7. The van der Waals surface area contributed by atoms with Crippen molar-refractivity contribution >= 4 is 23.4 Å². The average molecular weight is 437 g/mol. The molecule has 168 valence electrons. The number of nitrogens with one attached hydrogen (secondary N) is 1. The third-order valence-corrected chi connectivity index (χ3v) is 6.86. The molecule has 2 fully saturated rings. The van der Waals surface area contributed by atoms with Crippen LogP contribution in [-0.2, 0) is 20.9 Å². The number of hydrogen-bond donors (Lipinski definition) is 1. The molecule has 1 saturated carbocycles. The highest BCUT2D eigenvalue weighted by molar-refractivity contribution is 6.08. The lowest BCUT2D eigenvalue weighted by Crippen LogP contribution is -2.50. The first-order valence-corrected chi connectivity index (χ1v) is 10.9. The normalized spacial score (nSPS) is 23.4. The van der Waals surface area contributed by atoms with Gasteiger partial charge in [0.25, 0.3) is 5.91 Å². The van der Waals surface area contributed by atoms with E-state index in [0.717, 1.165) is 23.3 Å². The number of fused-ring (bicyclic) bond motifs is 1. The van der Waals surface area contributed by atoms with Crippen LogP contribution in [0.4, 0.5) is 4.79 Å². The van der Waals surface area contributed by atoms with Crippen molar-refractivity contribution in [1.82, 2.24) is 14.6 Å². The number of nitrogens with zero attached hydrogens (tertiary/aromatic N) is 3. The number of carbonyl (C=O) groups is 3. The molecule has 1 N–H and O–H groups in total. The molecule has 2 aliphatic rings. The molecule has 1 aliphatic heterocycles. The van der Waals surface area contributed by atoms with E-state index in [1.165, 1.54) is 0 Å². The zero-order valence-electron chi connectivity index (χ0n) is 18.7. The fraction of sp³-hybridized carbons (Fsp3) is 0.500. The maximum absolute atomic E-state index is 13.1. The molecule has 8 nitrogen and oxygen atoms in total. The van der Waals surface area contributed by atoms with Crippen LogP contribution in [0.25, 0.3) is 5.52 Å². The first kappa shape index (κ1) is 21.9. The lowest BCUT2D eigenvalue weighted by atomic mass is 9.67. The van der Waals surface area contributed by atoms with Gasteiger partial charge in [-0.15, -0.1) is 0 Å². The fourth-order valence-electron chi connectivity index (χ4n) is 4.88. The van der Waals surface area contributed by atoms with E-state index in [-0.39, 0.29) is 17.9 Å². The number of aromatic nitrogens is 1. The number of rotatable bonds is 4. The van der Waals surface area contributed by atoms with Crippen LogP contribution in [0.15, 0.2) is 30.6 Å². The predicted octanol–water partition coefficient (Wildman–Crippen LogP) is 3.38. The molecule has 3 heterocycles. The van der Waals surface area contributed by atoms with Crippen LogP contribution in [0.3, 0.4) is 0 Å². The summed E-state index contributed by atoms with van der Waals surface area (Å²) in [4.78, 5) is 39.0. The summed E-state index contributed by atoms with van der Waals surface area (Å²) in [5, 5.41) is 12.3. The van der Waals surface area contributed by atoms with Gasteiger partial charge in [0.1, 0.15) is 24.8 Å². The van der Waals surface area contributed by atoms with Gasteiger partial charge in [-0.25, -0.2) is 4.79 Å². The fourth-order valence-corrected chi connectivity index (χ4v) is 4.88. The van der Waals surface area contributed by atoms with Gasteiger partial charge >= 0.3 is 12.0 Å². The summed E-state index contributed by atoms with van der Waals surface area (Å²) in [6.45, 7) is 6.03. The Bertz CT molecular complexity index is 1110. The maximum atomic E-state index is 13.1. The standard InChI is InChI=1S/C24H28N4O4/c1-23(2,3)17-7-9-24(10-8-17)21(30)28(22(31)26-24)14-20(29)32-15-16-13-27-11-5-4-6-19(27)18(16)12-25/h4-6,11,13,17H,7-10,14-15H2,1-3H3,(H,26,31). The van der Waals surface area contributed by atoms with E-state index < -0.39 is 24.1 Å². The van der Waals surface area contributed by atoms with Crippen LogP contribution in [0.2, 0.25) is 0 Å². The molecule has 0 unspecified atom stereocenters. The van der Waals surface area contributed by atoms with Crippen molar-refractivity contribution in [2.45, 2.75) is 58.6 Å². The lowest BCUT2D eigenvalue weighted by Gasteiger charge is -2.40. The molecule has 2 aromatic rings. The Hall–Kier alpha value is -3.34. The Labute approximate surface area is 187 Å². The Morgan fingerprint density at radius 1 is 1.28 bits per heavy atom. The van der Waals surface area contributed by atoms with Crippen molar-refractivity contribution in [2.75, 3.05) is 6.54 Å². The van der Waals surface area contributed by atoms with Crippen molar-refractivity contribution in [3.63, 3.8) is 0 Å². The number of urea groups is 1. The highest BCUT2D eigenvalue weighted by Gasteiger charge is 2.53. The van der Waals surface area contributed by atoms with Crippen LogP contribution in [0, 0.1) is 22.7 Å². The number of pyridine rings is 1. The van der Waals surface area contributed by atoms with E-state index >= 15 is 0 Å². The van der Waals surface area contributed by atoms with Crippen LogP contribution < -0.4 is 5.32 Å². The molecule has 32 heavy (non-hydrogen) atoms. The third-order valence-electron chi connectivity index (χ3n) is 6.86. The molecule has 4 rings (SSSR count). The first-order valence-electron chi connectivity index (χ1n) is 10.9. The topological polar surface area (TPSA) is 104 Å².